The first-order chi connectivity index (χ1) is 14.8. The number of rotatable bonds is 5. The highest BCUT2D eigenvalue weighted by atomic mass is 32.2. The predicted octanol–water partition coefficient (Wildman–Crippen LogP) is 3.86. The van der Waals surface area contributed by atoms with Gasteiger partial charge in [-0.25, -0.2) is 13.2 Å². The number of nitrogens with one attached hydrogen (secondary N) is 1. The molecule has 1 aliphatic heterocycles. The van der Waals surface area contributed by atoms with Crippen molar-refractivity contribution in [2.45, 2.75) is 31.7 Å². The number of hydrogen-bond donors (Lipinski definition) is 1. The van der Waals surface area contributed by atoms with Crippen molar-refractivity contribution < 1.29 is 22.7 Å². The van der Waals surface area contributed by atoms with Gasteiger partial charge in [0.2, 0.25) is 5.91 Å². The maximum atomic E-state index is 13.2. The van der Waals surface area contributed by atoms with Crippen LogP contribution in [0.15, 0.2) is 59.5 Å². The van der Waals surface area contributed by atoms with Gasteiger partial charge >= 0.3 is 5.97 Å². The van der Waals surface area contributed by atoms with Gasteiger partial charge in [0.25, 0.3) is 10.0 Å². The molecule has 0 fully saturated rings. The van der Waals surface area contributed by atoms with E-state index in [9.17, 15) is 18.0 Å². The normalized spacial score (nSPS) is 15.0. The van der Waals surface area contributed by atoms with Crippen molar-refractivity contribution in [1.29, 1.82) is 0 Å². The molecule has 3 aromatic carbocycles. The molecule has 160 valence electrons. The third-order valence-corrected chi connectivity index (χ3v) is 7.36. The van der Waals surface area contributed by atoms with Gasteiger partial charge in [-0.2, -0.15) is 0 Å². The van der Waals surface area contributed by atoms with E-state index >= 15 is 0 Å². The van der Waals surface area contributed by atoms with E-state index in [1.54, 1.807) is 63.2 Å². The van der Waals surface area contributed by atoms with Gasteiger partial charge in [-0.3, -0.25) is 9.10 Å². The molecule has 31 heavy (non-hydrogen) atoms. The van der Waals surface area contributed by atoms with Crippen LogP contribution in [0.4, 0.5) is 11.4 Å². The second kappa shape index (κ2) is 7.70. The van der Waals surface area contributed by atoms with Gasteiger partial charge in [0.05, 0.1) is 22.8 Å². The molecular weight excluding hydrogens is 416 g/mol. The minimum Gasteiger partial charge on any atom is -0.462 e. The Hall–Kier alpha value is -3.39. The number of anilines is 2. The lowest BCUT2D eigenvalue weighted by atomic mass is 10.1. The molecule has 7 nitrogen and oxygen atoms in total. The van der Waals surface area contributed by atoms with E-state index in [1.165, 1.54) is 0 Å². The molecule has 1 amide bonds. The Bertz CT molecular complexity index is 1310. The second-order valence-corrected chi connectivity index (χ2v) is 9.08. The Morgan fingerprint density at radius 3 is 2.45 bits per heavy atom. The Labute approximate surface area is 180 Å². The molecule has 1 N–H and O–H groups in total. The summed E-state index contributed by atoms with van der Waals surface area (Å²) < 4.78 is 32.7. The van der Waals surface area contributed by atoms with Gasteiger partial charge in [-0.15, -0.1) is 0 Å². The van der Waals surface area contributed by atoms with Crippen molar-refractivity contribution in [2.24, 2.45) is 0 Å². The summed E-state index contributed by atoms with van der Waals surface area (Å²) in [5, 5.41) is 4.18. The van der Waals surface area contributed by atoms with Crippen molar-refractivity contribution >= 4 is 44.0 Å². The topological polar surface area (TPSA) is 92.8 Å². The molecule has 0 unspecified atom stereocenters. The summed E-state index contributed by atoms with van der Waals surface area (Å²) in [5.74, 6) is -0.981. The van der Waals surface area contributed by atoms with E-state index in [1.807, 2.05) is 12.1 Å². The van der Waals surface area contributed by atoms with Crippen molar-refractivity contribution in [3.8, 4) is 0 Å². The average molecular weight is 439 g/mol. The fourth-order valence-corrected chi connectivity index (χ4v) is 5.75. The third-order valence-electron chi connectivity index (χ3n) is 5.44. The third kappa shape index (κ3) is 3.33. The number of nitrogens with zero attached hydrogens (tertiary/aromatic N) is 1. The zero-order chi connectivity index (χ0) is 22.3. The monoisotopic (exact) mass is 438 g/mol. The van der Waals surface area contributed by atoms with Crippen LogP contribution in [0.25, 0.3) is 10.8 Å². The van der Waals surface area contributed by atoms with Crippen LogP contribution in [0, 0.1) is 6.92 Å². The minimum absolute atomic E-state index is 0.195. The van der Waals surface area contributed by atoms with Crippen LogP contribution in [0.3, 0.4) is 0 Å². The van der Waals surface area contributed by atoms with Crippen LogP contribution in [0.5, 0.6) is 0 Å². The smallest absolute Gasteiger partial charge is 0.338 e. The van der Waals surface area contributed by atoms with Crippen LogP contribution in [-0.4, -0.2) is 32.9 Å². The number of amides is 1. The van der Waals surface area contributed by atoms with Crippen molar-refractivity contribution in [3.63, 3.8) is 0 Å². The molecule has 4 rings (SSSR count). The van der Waals surface area contributed by atoms with Crippen LogP contribution in [0.1, 0.15) is 29.8 Å². The summed E-state index contributed by atoms with van der Waals surface area (Å²) in [6.07, 6.45) is 0. The Morgan fingerprint density at radius 1 is 1.06 bits per heavy atom. The molecule has 0 bridgehead atoms. The highest BCUT2D eigenvalue weighted by molar-refractivity contribution is 7.93. The van der Waals surface area contributed by atoms with E-state index in [-0.39, 0.29) is 11.5 Å². The van der Waals surface area contributed by atoms with Gasteiger partial charge in [0.1, 0.15) is 6.04 Å². The van der Waals surface area contributed by atoms with Crippen LogP contribution in [-0.2, 0) is 19.6 Å². The van der Waals surface area contributed by atoms with E-state index in [0.717, 1.165) is 9.69 Å². The molecule has 3 aromatic rings. The van der Waals surface area contributed by atoms with Crippen molar-refractivity contribution in [3.05, 3.63) is 65.7 Å². The number of benzene rings is 3. The predicted molar refractivity (Wildman–Crippen MR) is 119 cm³/mol. The maximum absolute atomic E-state index is 13.2. The van der Waals surface area contributed by atoms with Gasteiger partial charge in [0, 0.05) is 11.1 Å². The standard InChI is InChI=1S/C23H22N2O5S/c1-4-30-23(27)17-10-7-11-18(14(17)2)24-22(26)15(3)25-19-12-5-8-16-9-6-13-20(21(16)19)31(25,28)29/h5-13,15H,4H2,1-3H3,(H,24,26)/t15-/m0/s1. The number of carbonyl (C=O) groups is 2. The summed E-state index contributed by atoms with van der Waals surface area (Å²) in [4.78, 5) is 25.4. The Kier molecular flexibility index (Phi) is 5.18. The molecule has 0 radical (unpaired) electrons. The SMILES string of the molecule is CCOC(=O)c1cccc(NC(=O)[C@H](C)N2c3cccc4cccc(c34)S2(=O)=O)c1C. The molecule has 8 heteroatoms. The summed E-state index contributed by atoms with van der Waals surface area (Å²) in [7, 11) is -3.88. The van der Waals surface area contributed by atoms with Gasteiger partial charge in [-0.05, 0) is 56.0 Å². The zero-order valence-corrected chi connectivity index (χ0v) is 18.2. The summed E-state index contributed by atoms with van der Waals surface area (Å²) in [5.41, 5.74) is 1.80. The van der Waals surface area contributed by atoms with Crippen molar-refractivity contribution in [1.82, 2.24) is 0 Å². The van der Waals surface area contributed by atoms with E-state index in [2.05, 4.69) is 5.32 Å². The Balaban J connectivity index is 1.67. The molecule has 0 saturated carbocycles. The van der Waals surface area contributed by atoms with Gasteiger partial charge in [0.15, 0.2) is 0 Å². The Morgan fingerprint density at radius 2 is 1.74 bits per heavy atom. The second-order valence-electron chi connectivity index (χ2n) is 7.30. The number of esters is 1. The first-order valence-electron chi connectivity index (χ1n) is 9.91. The molecule has 1 aliphatic rings. The number of hydrogen-bond acceptors (Lipinski definition) is 5. The molecule has 0 aromatic heterocycles. The van der Waals surface area contributed by atoms with Gasteiger partial charge in [-0.1, -0.05) is 30.3 Å². The maximum Gasteiger partial charge on any atom is 0.338 e. The molecule has 0 spiro atoms. The lowest BCUT2D eigenvalue weighted by Gasteiger charge is -2.25. The highest BCUT2D eigenvalue weighted by Crippen LogP contribution is 2.43. The number of sulfonamides is 1. The highest BCUT2D eigenvalue weighted by Gasteiger charge is 2.40. The lowest BCUT2D eigenvalue weighted by Crippen LogP contribution is -2.44. The lowest BCUT2D eigenvalue weighted by molar-refractivity contribution is -0.116. The fourth-order valence-electron chi connectivity index (χ4n) is 3.88. The molecule has 0 saturated heterocycles. The van der Waals surface area contributed by atoms with Gasteiger partial charge < -0.3 is 10.1 Å². The quantitative estimate of drug-likeness (QED) is 0.611. The summed E-state index contributed by atoms with van der Waals surface area (Å²) in [6, 6.07) is 14.3. The van der Waals surface area contributed by atoms with E-state index in [4.69, 9.17) is 4.74 Å². The zero-order valence-electron chi connectivity index (χ0n) is 17.4. The number of ether oxygens (including phenoxy) is 1. The van der Waals surface area contributed by atoms with Crippen LogP contribution < -0.4 is 9.62 Å². The van der Waals surface area contributed by atoms with Crippen LogP contribution >= 0.6 is 0 Å². The minimum atomic E-state index is -3.88. The summed E-state index contributed by atoms with van der Waals surface area (Å²) in [6.45, 7) is 5.21. The molecule has 1 heterocycles. The first kappa shape index (κ1) is 20.9. The molecule has 0 aliphatic carbocycles. The van der Waals surface area contributed by atoms with E-state index in [0.29, 0.717) is 27.9 Å². The molecular formula is C23H22N2O5S. The molecule has 1 atom stereocenters. The average Bonchev–Trinajstić information content (AvgIpc) is 2.97. The van der Waals surface area contributed by atoms with Crippen molar-refractivity contribution in [2.75, 3.05) is 16.2 Å². The summed E-state index contributed by atoms with van der Waals surface area (Å²) >= 11 is 0. The van der Waals surface area contributed by atoms with E-state index < -0.39 is 27.9 Å². The largest absolute Gasteiger partial charge is 0.462 e. The number of carbonyl (C=O) groups excluding carboxylic acids is 2. The van der Waals surface area contributed by atoms with Crippen LogP contribution in [0.2, 0.25) is 0 Å². The first-order valence-corrected chi connectivity index (χ1v) is 11.3. The fraction of sp³-hybridized carbons (Fsp3) is 0.217.